The summed E-state index contributed by atoms with van der Waals surface area (Å²) in [5.74, 6) is 0. The van der Waals surface area contributed by atoms with E-state index < -0.39 is 0 Å². The Morgan fingerprint density at radius 1 is 0.280 bits per heavy atom. The fourth-order valence-corrected chi connectivity index (χ4v) is 9.73. The Morgan fingerprint density at radius 3 is 1.40 bits per heavy atom. The summed E-state index contributed by atoms with van der Waals surface area (Å²) in [4.78, 5) is 0. The Bertz CT molecular complexity index is 2970. The molecule has 0 saturated carbocycles. The first-order valence-electron chi connectivity index (χ1n) is 17.9. The Kier molecular flexibility index (Phi) is 5.34. The van der Waals surface area contributed by atoms with Crippen molar-refractivity contribution in [2.75, 3.05) is 0 Å². The van der Waals surface area contributed by atoms with Gasteiger partial charge in [-0.25, -0.2) is 0 Å². The number of fused-ring (bicyclic) bond motifs is 15. The topological polar surface area (TPSA) is 0 Å². The molecule has 2 aliphatic rings. The van der Waals surface area contributed by atoms with Crippen LogP contribution < -0.4 is 0 Å². The van der Waals surface area contributed by atoms with E-state index in [0.29, 0.717) is 0 Å². The standard InChI is InChI=1S/C50H36/c1-49(2)45-24-31(30-19-21-34-32(23-30)18-17-29-11-5-6-12-33(29)34)20-22-39(45)43-27-48-44(28-47(43)49)42-25-40-37-15-9-7-13-35(37)36-14-8-10-16-38(36)41(40)26-46(42)50(48,3)4/h5-28H,1-4H3. The molecule has 0 aromatic heterocycles. The first kappa shape index (κ1) is 28.2. The molecule has 0 radical (unpaired) electrons. The molecule has 0 nitrogen and oxygen atoms in total. The van der Waals surface area contributed by atoms with Crippen LogP contribution in [0.25, 0.3) is 87.2 Å². The smallest absolute Gasteiger partial charge is 0.0159 e. The van der Waals surface area contributed by atoms with Crippen LogP contribution in [0.5, 0.6) is 0 Å². The molecule has 50 heavy (non-hydrogen) atoms. The van der Waals surface area contributed by atoms with Crippen LogP contribution in [0.1, 0.15) is 49.9 Å². The number of benzene rings is 9. The Morgan fingerprint density at radius 2 is 0.720 bits per heavy atom. The number of rotatable bonds is 1. The Labute approximate surface area is 292 Å². The van der Waals surface area contributed by atoms with Gasteiger partial charge in [0.15, 0.2) is 0 Å². The quantitative estimate of drug-likeness (QED) is 0.157. The van der Waals surface area contributed by atoms with Crippen molar-refractivity contribution >= 4 is 53.9 Å². The van der Waals surface area contributed by atoms with Crippen molar-refractivity contribution in [2.24, 2.45) is 0 Å². The van der Waals surface area contributed by atoms with Crippen molar-refractivity contribution in [2.45, 2.75) is 38.5 Å². The van der Waals surface area contributed by atoms with Gasteiger partial charge in [-0.05, 0) is 146 Å². The minimum Gasteiger partial charge on any atom is -0.0616 e. The second kappa shape index (κ2) is 9.49. The highest BCUT2D eigenvalue weighted by molar-refractivity contribution is 6.26. The maximum Gasteiger partial charge on any atom is 0.0159 e. The van der Waals surface area contributed by atoms with Crippen LogP contribution in [-0.4, -0.2) is 0 Å². The minimum atomic E-state index is -0.116. The summed E-state index contributed by atoms with van der Waals surface area (Å²) < 4.78 is 0. The molecule has 0 atom stereocenters. The van der Waals surface area contributed by atoms with E-state index in [2.05, 4.69) is 173 Å². The Balaban J connectivity index is 1.08. The van der Waals surface area contributed by atoms with E-state index in [0.717, 1.165) is 0 Å². The summed E-state index contributed by atoms with van der Waals surface area (Å²) >= 11 is 0. The van der Waals surface area contributed by atoms with E-state index in [1.54, 1.807) is 0 Å². The predicted molar refractivity (Wildman–Crippen MR) is 215 cm³/mol. The Hall–Kier alpha value is -5.72. The van der Waals surface area contributed by atoms with Gasteiger partial charge in [0.05, 0.1) is 0 Å². The zero-order chi connectivity index (χ0) is 33.5. The number of hydrogen-bond donors (Lipinski definition) is 0. The van der Waals surface area contributed by atoms with Crippen molar-refractivity contribution in [3.8, 4) is 33.4 Å². The lowest BCUT2D eigenvalue weighted by atomic mass is 9.79. The normalized spacial score (nSPS) is 15.1. The fraction of sp³-hybridized carbons (Fsp3) is 0.120. The highest BCUT2D eigenvalue weighted by atomic mass is 14.4. The van der Waals surface area contributed by atoms with E-state index in [-0.39, 0.29) is 10.8 Å². The van der Waals surface area contributed by atoms with E-state index >= 15 is 0 Å². The maximum absolute atomic E-state index is 2.55. The van der Waals surface area contributed by atoms with Crippen LogP contribution >= 0.6 is 0 Å². The van der Waals surface area contributed by atoms with E-state index in [1.165, 1.54) is 109 Å². The molecule has 0 unspecified atom stereocenters. The summed E-state index contributed by atoms with van der Waals surface area (Å²) in [7, 11) is 0. The van der Waals surface area contributed by atoms with Crippen LogP contribution in [0.3, 0.4) is 0 Å². The molecule has 0 fully saturated rings. The average molecular weight is 637 g/mol. The van der Waals surface area contributed by atoms with Gasteiger partial charge in [-0.1, -0.05) is 137 Å². The van der Waals surface area contributed by atoms with Gasteiger partial charge in [0.2, 0.25) is 0 Å². The minimum absolute atomic E-state index is 0.108. The van der Waals surface area contributed by atoms with Crippen LogP contribution in [-0.2, 0) is 10.8 Å². The zero-order valence-electron chi connectivity index (χ0n) is 28.9. The molecule has 236 valence electrons. The summed E-state index contributed by atoms with van der Waals surface area (Å²) in [6, 6.07) is 55.3. The van der Waals surface area contributed by atoms with E-state index in [4.69, 9.17) is 0 Å². The van der Waals surface area contributed by atoms with Gasteiger partial charge in [0.25, 0.3) is 0 Å². The van der Waals surface area contributed by atoms with Crippen molar-refractivity contribution in [1.29, 1.82) is 0 Å². The van der Waals surface area contributed by atoms with Gasteiger partial charge >= 0.3 is 0 Å². The first-order chi connectivity index (χ1) is 24.3. The summed E-state index contributed by atoms with van der Waals surface area (Å²) in [6.45, 7) is 9.68. The summed E-state index contributed by atoms with van der Waals surface area (Å²) in [5.41, 5.74) is 13.6. The largest absolute Gasteiger partial charge is 0.0616 e. The van der Waals surface area contributed by atoms with Crippen molar-refractivity contribution in [3.05, 3.63) is 168 Å². The monoisotopic (exact) mass is 636 g/mol. The zero-order valence-corrected chi connectivity index (χ0v) is 28.9. The molecular weight excluding hydrogens is 601 g/mol. The summed E-state index contributed by atoms with van der Waals surface area (Å²) in [5, 5.41) is 13.2. The molecular formula is C50H36. The SMILES string of the molecule is CC1(C)c2cc(-c3ccc4c(ccc5ccccc54)c3)ccc2-c2cc3c(cc21)-c1cc2c4ccccc4c4ccccc4c2cc1C3(C)C. The molecule has 0 spiro atoms. The molecule has 0 aliphatic heterocycles. The molecule has 9 aromatic rings. The van der Waals surface area contributed by atoms with Gasteiger partial charge < -0.3 is 0 Å². The molecule has 9 aromatic carbocycles. The summed E-state index contributed by atoms with van der Waals surface area (Å²) in [6.07, 6.45) is 0. The lowest BCUT2D eigenvalue weighted by Gasteiger charge is -2.24. The molecule has 0 heteroatoms. The van der Waals surface area contributed by atoms with Gasteiger partial charge in [0, 0.05) is 10.8 Å². The van der Waals surface area contributed by atoms with Gasteiger partial charge in [-0.3, -0.25) is 0 Å². The molecule has 11 rings (SSSR count). The third-order valence-corrected chi connectivity index (χ3v) is 12.4. The average Bonchev–Trinajstić information content (AvgIpc) is 3.51. The second-order valence-electron chi connectivity index (χ2n) is 15.7. The van der Waals surface area contributed by atoms with Crippen LogP contribution in [0.4, 0.5) is 0 Å². The maximum atomic E-state index is 2.55. The third-order valence-electron chi connectivity index (χ3n) is 12.4. The van der Waals surface area contributed by atoms with Crippen LogP contribution in [0.2, 0.25) is 0 Å². The molecule has 2 aliphatic carbocycles. The molecule has 0 heterocycles. The molecule has 0 saturated heterocycles. The van der Waals surface area contributed by atoms with Crippen molar-refractivity contribution in [3.63, 3.8) is 0 Å². The van der Waals surface area contributed by atoms with E-state index in [1.807, 2.05) is 0 Å². The van der Waals surface area contributed by atoms with Gasteiger partial charge in [-0.15, -0.1) is 0 Å². The number of hydrogen-bond acceptors (Lipinski definition) is 0. The van der Waals surface area contributed by atoms with Crippen LogP contribution in [0, 0.1) is 0 Å². The van der Waals surface area contributed by atoms with Gasteiger partial charge in [-0.2, -0.15) is 0 Å². The van der Waals surface area contributed by atoms with Crippen molar-refractivity contribution < 1.29 is 0 Å². The molecule has 0 amide bonds. The highest BCUT2D eigenvalue weighted by Crippen LogP contribution is 2.57. The van der Waals surface area contributed by atoms with Gasteiger partial charge in [0.1, 0.15) is 0 Å². The lowest BCUT2D eigenvalue weighted by Crippen LogP contribution is -2.17. The van der Waals surface area contributed by atoms with Crippen molar-refractivity contribution in [1.82, 2.24) is 0 Å². The molecule has 0 N–H and O–H groups in total. The highest BCUT2D eigenvalue weighted by Gasteiger charge is 2.42. The van der Waals surface area contributed by atoms with E-state index in [9.17, 15) is 0 Å². The predicted octanol–water partition coefficient (Wildman–Crippen LogP) is 13.7. The second-order valence-corrected chi connectivity index (χ2v) is 15.7. The fourth-order valence-electron chi connectivity index (χ4n) is 9.73. The first-order valence-corrected chi connectivity index (χ1v) is 17.9. The molecule has 0 bridgehead atoms. The lowest BCUT2D eigenvalue weighted by molar-refractivity contribution is 0.652. The third kappa shape index (κ3) is 3.56. The van der Waals surface area contributed by atoms with Crippen LogP contribution in [0.15, 0.2) is 146 Å².